The van der Waals surface area contributed by atoms with Crippen molar-refractivity contribution in [2.45, 2.75) is 32.0 Å². The topological polar surface area (TPSA) is 112 Å². The molecule has 0 fully saturated rings. The van der Waals surface area contributed by atoms with E-state index in [1.807, 2.05) is 6.92 Å². The van der Waals surface area contributed by atoms with E-state index in [0.29, 0.717) is 29.1 Å². The first-order valence-corrected chi connectivity index (χ1v) is 8.77. The Morgan fingerprint density at radius 3 is 3.00 bits per heavy atom. The van der Waals surface area contributed by atoms with E-state index in [2.05, 4.69) is 25.8 Å². The van der Waals surface area contributed by atoms with Crippen LogP contribution in [-0.4, -0.2) is 49.4 Å². The van der Waals surface area contributed by atoms with Gasteiger partial charge in [-0.25, -0.2) is 9.67 Å². The summed E-state index contributed by atoms with van der Waals surface area (Å²) in [5, 5.41) is 16.6. The molecular weight excluding hydrogens is 340 g/mol. The molecule has 0 aliphatic heterocycles. The molecule has 0 saturated heterocycles. The van der Waals surface area contributed by atoms with Crippen LogP contribution in [0, 0.1) is 0 Å². The van der Waals surface area contributed by atoms with Gasteiger partial charge in [-0.15, -0.1) is 16.4 Å². The van der Waals surface area contributed by atoms with Crippen LogP contribution in [0.2, 0.25) is 0 Å². The van der Waals surface area contributed by atoms with E-state index < -0.39 is 0 Å². The lowest BCUT2D eigenvalue weighted by molar-refractivity contribution is -0.142. The Balaban J connectivity index is 1.81. The number of esters is 1. The largest absolute Gasteiger partial charge is 0.466 e. The number of thioether (sulfide) groups is 1. The van der Waals surface area contributed by atoms with Crippen LogP contribution >= 0.6 is 23.1 Å². The Labute approximate surface area is 140 Å². The van der Waals surface area contributed by atoms with E-state index in [1.54, 1.807) is 17.0 Å². The molecule has 124 valence electrons. The van der Waals surface area contributed by atoms with Gasteiger partial charge in [0, 0.05) is 11.9 Å². The van der Waals surface area contributed by atoms with Gasteiger partial charge in [-0.05, 0) is 24.3 Å². The standard InChI is InChI=1S/C12H16N6O3S2/c1-3-18-12(15-16-17-18)23-7-9(19)14-11-13-8(6-22-11)5-10(20)21-4-2/h6H,3-5,7H2,1-2H3,(H,13,14,19). The molecule has 2 aromatic rings. The predicted octanol–water partition coefficient (Wildman–Crippen LogP) is 0.986. The number of aromatic nitrogens is 5. The molecule has 0 aliphatic carbocycles. The first-order chi connectivity index (χ1) is 11.1. The number of anilines is 1. The number of amides is 1. The molecule has 11 heteroatoms. The molecule has 2 aromatic heterocycles. The van der Waals surface area contributed by atoms with Gasteiger partial charge in [-0.2, -0.15) is 0 Å². The molecule has 0 radical (unpaired) electrons. The molecule has 9 nitrogen and oxygen atoms in total. The highest BCUT2D eigenvalue weighted by Crippen LogP contribution is 2.18. The summed E-state index contributed by atoms with van der Waals surface area (Å²) in [6, 6.07) is 0. The quantitative estimate of drug-likeness (QED) is 0.550. The van der Waals surface area contributed by atoms with Crippen molar-refractivity contribution in [1.82, 2.24) is 25.2 Å². The summed E-state index contributed by atoms with van der Waals surface area (Å²) in [5.41, 5.74) is 0.575. The highest BCUT2D eigenvalue weighted by molar-refractivity contribution is 7.99. The Bertz CT molecular complexity index is 671. The molecule has 1 amide bonds. The fourth-order valence-corrected chi connectivity index (χ4v) is 3.06. The summed E-state index contributed by atoms with van der Waals surface area (Å²) < 4.78 is 6.46. The zero-order chi connectivity index (χ0) is 16.7. The van der Waals surface area contributed by atoms with Crippen LogP contribution in [0.5, 0.6) is 0 Å². The second-order valence-corrected chi connectivity index (χ2v) is 6.04. The van der Waals surface area contributed by atoms with Gasteiger partial charge in [-0.1, -0.05) is 11.8 Å². The monoisotopic (exact) mass is 356 g/mol. The summed E-state index contributed by atoms with van der Waals surface area (Å²) in [6.07, 6.45) is 0.0975. The van der Waals surface area contributed by atoms with Crippen molar-refractivity contribution in [3.63, 3.8) is 0 Å². The van der Waals surface area contributed by atoms with Crippen molar-refractivity contribution in [2.75, 3.05) is 17.7 Å². The van der Waals surface area contributed by atoms with E-state index in [9.17, 15) is 9.59 Å². The van der Waals surface area contributed by atoms with Crippen LogP contribution in [-0.2, 0) is 27.3 Å². The molecule has 0 unspecified atom stereocenters. The first kappa shape index (κ1) is 17.3. The zero-order valence-corrected chi connectivity index (χ0v) is 14.3. The number of aryl methyl sites for hydroxylation is 1. The number of hydrogen-bond donors (Lipinski definition) is 1. The van der Waals surface area contributed by atoms with Crippen LogP contribution in [0.1, 0.15) is 19.5 Å². The Morgan fingerprint density at radius 2 is 2.26 bits per heavy atom. The van der Waals surface area contributed by atoms with Gasteiger partial charge in [-0.3, -0.25) is 9.59 Å². The number of thiazole rings is 1. The predicted molar refractivity (Wildman–Crippen MR) is 85.3 cm³/mol. The smallest absolute Gasteiger partial charge is 0.311 e. The second-order valence-electron chi connectivity index (χ2n) is 4.24. The van der Waals surface area contributed by atoms with Crippen LogP contribution in [0.3, 0.4) is 0 Å². The Kier molecular flexibility index (Phi) is 6.47. The molecule has 2 rings (SSSR count). The SMILES string of the molecule is CCOC(=O)Cc1csc(NC(=O)CSc2nnnn2CC)n1. The van der Waals surface area contributed by atoms with Crippen molar-refractivity contribution >= 4 is 40.1 Å². The third-order valence-electron chi connectivity index (χ3n) is 2.56. The normalized spacial score (nSPS) is 10.5. The van der Waals surface area contributed by atoms with Crippen molar-refractivity contribution in [1.29, 1.82) is 0 Å². The van der Waals surface area contributed by atoms with Gasteiger partial charge < -0.3 is 10.1 Å². The van der Waals surface area contributed by atoms with Gasteiger partial charge in [0.15, 0.2) is 5.13 Å². The average molecular weight is 356 g/mol. The van der Waals surface area contributed by atoms with Crippen LogP contribution < -0.4 is 5.32 Å². The van der Waals surface area contributed by atoms with E-state index in [1.165, 1.54) is 23.1 Å². The van der Waals surface area contributed by atoms with Crippen LogP contribution in [0.15, 0.2) is 10.5 Å². The molecular formula is C12H16N6O3S2. The Hall–Kier alpha value is -2.01. The van der Waals surface area contributed by atoms with Gasteiger partial charge >= 0.3 is 5.97 Å². The molecule has 0 atom stereocenters. The number of rotatable bonds is 8. The van der Waals surface area contributed by atoms with E-state index in [0.717, 1.165) is 0 Å². The summed E-state index contributed by atoms with van der Waals surface area (Å²) in [6.45, 7) is 4.64. The van der Waals surface area contributed by atoms with Gasteiger partial charge in [0.2, 0.25) is 11.1 Å². The van der Waals surface area contributed by atoms with E-state index >= 15 is 0 Å². The molecule has 0 bridgehead atoms. The molecule has 0 saturated carbocycles. The van der Waals surface area contributed by atoms with Crippen molar-refractivity contribution in [2.24, 2.45) is 0 Å². The number of nitrogens with one attached hydrogen (secondary N) is 1. The summed E-state index contributed by atoms with van der Waals surface area (Å²) in [4.78, 5) is 27.5. The van der Waals surface area contributed by atoms with Crippen molar-refractivity contribution < 1.29 is 14.3 Å². The number of ether oxygens (including phenoxy) is 1. The lowest BCUT2D eigenvalue weighted by atomic mass is 10.3. The third-order valence-corrected chi connectivity index (χ3v) is 4.32. The minimum absolute atomic E-state index is 0.0975. The molecule has 23 heavy (non-hydrogen) atoms. The number of carbonyl (C=O) groups excluding carboxylic acids is 2. The maximum atomic E-state index is 11.9. The van der Waals surface area contributed by atoms with E-state index in [4.69, 9.17) is 4.74 Å². The van der Waals surface area contributed by atoms with Crippen LogP contribution in [0.4, 0.5) is 5.13 Å². The summed E-state index contributed by atoms with van der Waals surface area (Å²) >= 11 is 2.51. The maximum Gasteiger partial charge on any atom is 0.311 e. The highest BCUT2D eigenvalue weighted by Gasteiger charge is 2.12. The number of carbonyl (C=O) groups is 2. The van der Waals surface area contributed by atoms with Crippen LogP contribution in [0.25, 0.3) is 0 Å². The highest BCUT2D eigenvalue weighted by atomic mass is 32.2. The minimum atomic E-state index is -0.336. The molecule has 1 N–H and O–H groups in total. The van der Waals surface area contributed by atoms with Gasteiger partial charge in [0.05, 0.1) is 24.5 Å². The number of tetrazole rings is 1. The lowest BCUT2D eigenvalue weighted by Gasteiger charge is -2.02. The van der Waals surface area contributed by atoms with Gasteiger partial charge in [0.1, 0.15) is 0 Å². The number of hydrogen-bond acceptors (Lipinski definition) is 9. The van der Waals surface area contributed by atoms with Crippen molar-refractivity contribution in [3.05, 3.63) is 11.1 Å². The molecule has 2 heterocycles. The second kappa shape index (κ2) is 8.58. The fraction of sp³-hybridized carbons (Fsp3) is 0.500. The number of nitrogens with zero attached hydrogens (tertiary/aromatic N) is 5. The zero-order valence-electron chi connectivity index (χ0n) is 12.7. The third kappa shape index (κ3) is 5.28. The van der Waals surface area contributed by atoms with Gasteiger partial charge in [0.25, 0.3) is 0 Å². The lowest BCUT2D eigenvalue weighted by Crippen LogP contribution is -2.15. The van der Waals surface area contributed by atoms with E-state index in [-0.39, 0.29) is 24.1 Å². The minimum Gasteiger partial charge on any atom is -0.466 e. The molecule has 0 aliphatic rings. The Morgan fingerprint density at radius 1 is 1.43 bits per heavy atom. The summed E-state index contributed by atoms with van der Waals surface area (Å²) in [5.74, 6) is -0.372. The first-order valence-electron chi connectivity index (χ1n) is 6.91. The van der Waals surface area contributed by atoms with Crippen molar-refractivity contribution in [3.8, 4) is 0 Å². The molecule has 0 spiro atoms. The average Bonchev–Trinajstić information content (AvgIpc) is 3.14. The fourth-order valence-electron chi connectivity index (χ4n) is 1.59. The maximum absolute atomic E-state index is 11.9. The molecule has 0 aromatic carbocycles. The summed E-state index contributed by atoms with van der Waals surface area (Å²) in [7, 11) is 0.